The van der Waals surface area contributed by atoms with Gasteiger partial charge in [0.05, 0.1) is 11.0 Å². The standard InChI is InChI=1S/C25H22F3N7O3/c1-24(22(37)38)7-10-34(13-24)23-33-18(19-20(29)31-9-11-35(19)23)14-2-4-15(5-3-14)21(36)32-17-12-16(6-8-30-17)25(26,27)28/h2-6,8-9,11-12H,7,10,13H2,1H3,(H2,29,31)(H,37,38)(H,30,32,36)/t24-/m1/s1. The van der Waals surface area contributed by atoms with Gasteiger partial charge in [0.25, 0.3) is 5.91 Å². The van der Waals surface area contributed by atoms with Crippen LogP contribution in [0.5, 0.6) is 0 Å². The summed E-state index contributed by atoms with van der Waals surface area (Å²) in [6, 6.07) is 7.87. The molecular weight excluding hydrogens is 503 g/mol. The van der Waals surface area contributed by atoms with Gasteiger partial charge in [-0.25, -0.2) is 15.0 Å². The number of nitrogens with two attached hydrogens (primary N) is 1. The molecular formula is C25H22F3N7O3. The first-order valence-electron chi connectivity index (χ1n) is 11.5. The summed E-state index contributed by atoms with van der Waals surface area (Å²) in [5, 5.41) is 12.0. The van der Waals surface area contributed by atoms with E-state index in [9.17, 15) is 27.9 Å². The van der Waals surface area contributed by atoms with Crippen LogP contribution in [-0.2, 0) is 11.0 Å². The number of hydrogen-bond donors (Lipinski definition) is 3. The van der Waals surface area contributed by atoms with Crippen LogP contribution < -0.4 is 16.0 Å². The number of aliphatic carboxylic acids is 1. The highest BCUT2D eigenvalue weighted by Gasteiger charge is 2.42. The van der Waals surface area contributed by atoms with Gasteiger partial charge in [-0.3, -0.25) is 14.0 Å². The van der Waals surface area contributed by atoms with Crippen LogP contribution in [0.3, 0.4) is 0 Å². The van der Waals surface area contributed by atoms with Gasteiger partial charge in [0.15, 0.2) is 0 Å². The number of hydrogen-bond acceptors (Lipinski definition) is 7. The number of nitrogens with zero attached hydrogens (tertiary/aromatic N) is 5. The lowest BCUT2D eigenvalue weighted by Crippen LogP contribution is -2.32. The molecule has 1 amide bonds. The summed E-state index contributed by atoms with van der Waals surface area (Å²) in [6.07, 6.45) is 0.0869. The fraction of sp³-hybridized carbons (Fsp3) is 0.240. The SMILES string of the molecule is C[C@@]1(C(=O)O)CCN(c2nc(-c3ccc(C(=O)Nc4cc(C(F)(F)F)ccn4)cc3)c3c(N)nccn23)C1. The number of rotatable bonds is 5. The summed E-state index contributed by atoms with van der Waals surface area (Å²) in [5.41, 5.74) is 6.17. The van der Waals surface area contributed by atoms with Crippen molar-refractivity contribution in [2.75, 3.05) is 29.0 Å². The number of halogens is 3. The van der Waals surface area contributed by atoms with Crippen LogP contribution in [0.25, 0.3) is 16.8 Å². The number of nitrogen functional groups attached to an aromatic ring is 1. The Morgan fingerprint density at radius 2 is 1.87 bits per heavy atom. The molecule has 1 aliphatic heterocycles. The van der Waals surface area contributed by atoms with E-state index >= 15 is 0 Å². The number of carbonyl (C=O) groups is 2. The molecule has 4 N–H and O–H groups in total. The lowest BCUT2D eigenvalue weighted by molar-refractivity contribution is -0.146. The monoisotopic (exact) mass is 525 g/mol. The normalized spacial score (nSPS) is 17.6. The van der Waals surface area contributed by atoms with Crippen LogP contribution in [0, 0.1) is 5.41 Å². The number of imidazole rings is 1. The minimum Gasteiger partial charge on any atom is -0.481 e. The summed E-state index contributed by atoms with van der Waals surface area (Å²) in [4.78, 5) is 39.0. The highest BCUT2D eigenvalue weighted by Crippen LogP contribution is 2.37. The van der Waals surface area contributed by atoms with E-state index in [0.717, 1.165) is 18.3 Å². The quantitative estimate of drug-likeness (QED) is 0.356. The van der Waals surface area contributed by atoms with E-state index in [-0.39, 0.29) is 23.7 Å². The molecule has 196 valence electrons. The molecule has 0 saturated carbocycles. The molecule has 1 aromatic carbocycles. The highest BCUT2D eigenvalue weighted by atomic mass is 19.4. The average molecular weight is 525 g/mol. The van der Waals surface area contributed by atoms with Crippen molar-refractivity contribution in [3.63, 3.8) is 0 Å². The summed E-state index contributed by atoms with van der Waals surface area (Å²) >= 11 is 0. The topological polar surface area (TPSA) is 139 Å². The van der Waals surface area contributed by atoms with Crippen molar-refractivity contribution in [2.45, 2.75) is 19.5 Å². The predicted octanol–water partition coefficient (Wildman–Crippen LogP) is 3.95. The second-order valence-corrected chi connectivity index (χ2v) is 9.29. The predicted molar refractivity (Wildman–Crippen MR) is 133 cm³/mol. The maximum absolute atomic E-state index is 13.0. The number of anilines is 3. The first kappa shape index (κ1) is 25.0. The third-order valence-electron chi connectivity index (χ3n) is 6.59. The fourth-order valence-corrected chi connectivity index (χ4v) is 4.42. The van der Waals surface area contributed by atoms with Gasteiger partial charge in [0.1, 0.15) is 22.8 Å². The lowest BCUT2D eigenvalue weighted by atomic mass is 9.90. The van der Waals surface area contributed by atoms with Crippen molar-refractivity contribution >= 4 is 35.0 Å². The van der Waals surface area contributed by atoms with E-state index in [1.165, 1.54) is 18.3 Å². The molecule has 13 heteroatoms. The number of carboxylic acids is 1. The number of alkyl halides is 3. The number of nitrogens with one attached hydrogen (secondary N) is 1. The fourth-order valence-electron chi connectivity index (χ4n) is 4.42. The smallest absolute Gasteiger partial charge is 0.416 e. The van der Waals surface area contributed by atoms with Crippen molar-refractivity contribution in [1.29, 1.82) is 0 Å². The highest BCUT2D eigenvalue weighted by molar-refractivity contribution is 6.04. The van der Waals surface area contributed by atoms with E-state index in [1.807, 2.05) is 4.90 Å². The Morgan fingerprint density at radius 3 is 2.53 bits per heavy atom. The van der Waals surface area contributed by atoms with Gasteiger partial charge in [0.2, 0.25) is 5.95 Å². The summed E-state index contributed by atoms with van der Waals surface area (Å²) in [6.45, 7) is 2.46. The number of pyridine rings is 1. The van der Waals surface area contributed by atoms with Gasteiger partial charge in [-0.05, 0) is 37.6 Å². The Morgan fingerprint density at radius 1 is 1.13 bits per heavy atom. The number of carboxylic acid groups (broad SMARTS) is 1. The molecule has 1 saturated heterocycles. The molecule has 0 aliphatic carbocycles. The Hall–Kier alpha value is -4.68. The van der Waals surface area contributed by atoms with Crippen LogP contribution in [0.4, 0.5) is 30.8 Å². The van der Waals surface area contributed by atoms with Crippen molar-refractivity contribution in [2.24, 2.45) is 5.41 Å². The summed E-state index contributed by atoms with van der Waals surface area (Å²) in [7, 11) is 0. The van der Waals surface area contributed by atoms with E-state index in [2.05, 4.69) is 15.3 Å². The Kier molecular flexibility index (Phi) is 5.93. The third kappa shape index (κ3) is 4.46. The van der Waals surface area contributed by atoms with E-state index < -0.39 is 29.0 Å². The Labute approximate surface area is 213 Å². The zero-order valence-electron chi connectivity index (χ0n) is 20.0. The molecule has 0 bridgehead atoms. The number of fused-ring (bicyclic) bond motifs is 1. The van der Waals surface area contributed by atoms with E-state index in [0.29, 0.717) is 35.7 Å². The first-order chi connectivity index (χ1) is 18.0. The maximum atomic E-state index is 13.0. The molecule has 1 atom stereocenters. The van der Waals surface area contributed by atoms with Crippen molar-refractivity contribution in [1.82, 2.24) is 19.4 Å². The van der Waals surface area contributed by atoms with Gasteiger partial charge in [0, 0.05) is 42.8 Å². The molecule has 5 rings (SSSR count). The van der Waals surface area contributed by atoms with Gasteiger partial charge >= 0.3 is 12.1 Å². The van der Waals surface area contributed by atoms with Gasteiger partial charge < -0.3 is 21.1 Å². The molecule has 38 heavy (non-hydrogen) atoms. The Balaban J connectivity index is 1.44. The number of aromatic nitrogens is 4. The first-order valence-corrected chi connectivity index (χ1v) is 11.5. The molecule has 0 spiro atoms. The number of carbonyl (C=O) groups excluding carboxylic acids is 1. The average Bonchev–Trinajstić information content (AvgIpc) is 3.46. The van der Waals surface area contributed by atoms with E-state index in [4.69, 9.17) is 10.7 Å². The lowest BCUT2D eigenvalue weighted by Gasteiger charge is -2.20. The molecule has 4 aromatic rings. The largest absolute Gasteiger partial charge is 0.481 e. The van der Waals surface area contributed by atoms with Crippen LogP contribution >= 0.6 is 0 Å². The zero-order valence-corrected chi connectivity index (χ0v) is 20.0. The molecule has 3 aromatic heterocycles. The Bertz CT molecular complexity index is 1550. The third-order valence-corrected chi connectivity index (χ3v) is 6.59. The molecule has 0 radical (unpaired) electrons. The van der Waals surface area contributed by atoms with Crippen molar-refractivity contribution in [3.8, 4) is 11.3 Å². The van der Waals surface area contributed by atoms with Gasteiger partial charge in [-0.1, -0.05) is 12.1 Å². The van der Waals surface area contributed by atoms with Gasteiger partial charge in [-0.2, -0.15) is 13.2 Å². The summed E-state index contributed by atoms with van der Waals surface area (Å²) < 4.78 is 40.6. The number of amides is 1. The van der Waals surface area contributed by atoms with Gasteiger partial charge in [-0.15, -0.1) is 0 Å². The molecule has 1 fully saturated rings. The minimum atomic E-state index is -4.56. The molecule has 0 unspecified atom stereocenters. The van der Waals surface area contributed by atoms with Crippen LogP contribution in [0.15, 0.2) is 55.0 Å². The van der Waals surface area contributed by atoms with E-state index in [1.54, 1.807) is 29.7 Å². The minimum absolute atomic E-state index is 0.194. The zero-order chi connectivity index (χ0) is 27.2. The van der Waals surface area contributed by atoms with Crippen LogP contribution in [0.2, 0.25) is 0 Å². The molecule has 1 aliphatic rings. The van der Waals surface area contributed by atoms with Crippen LogP contribution in [-0.4, -0.2) is 49.4 Å². The van der Waals surface area contributed by atoms with Crippen LogP contribution in [0.1, 0.15) is 29.3 Å². The second-order valence-electron chi connectivity index (χ2n) is 9.29. The van der Waals surface area contributed by atoms with Crippen molar-refractivity contribution in [3.05, 3.63) is 66.1 Å². The maximum Gasteiger partial charge on any atom is 0.416 e. The number of benzene rings is 1. The summed E-state index contributed by atoms with van der Waals surface area (Å²) in [5.74, 6) is -0.997. The second kappa shape index (κ2) is 9.01. The van der Waals surface area contributed by atoms with Crippen molar-refractivity contribution < 1.29 is 27.9 Å². The molecule has 10 nitrogen and oxygen atoms in total. The molecule has 4 heterocycles.